The molecule has 0 bridgehead atoms. The Morgan fingerprint density at radius 2 is 1.86 bits per heavy atom. The zero-order chi connectivity index (χ0) is 5.11. The van der Waals surface area contributed by atoms with E-state index in [1.807, 2.05) is 11.8 Å². The summed E-state index contributed by atoms with van der Waals surface area (Å²) in [7, 11) is 0. The third-order valence-electron chi connectivity index (χ3n) is 0.957. The van der Waals surface area contributed by atoms with Crippen molar-refractivity contribution in [2.45, 2.75) is 0 Å². The third kappa shape index (κ3) is 1.65. The molecular formula is C4H8FNS+. The molecule has 1 rings (SSSR count). The van der Waals surface area contributed by atoms with E-state index >= 15 is 0 Å². The van der Waals surface area contributed by atoms with Crippen molar-refractivity contribution >= 4 is 11.8 Å². The van der Waals surface area contributed by atoms with Gasteiger partial charge in [-0.2, -0.15) is 0 Å². The van der Waals surface area contributed by atoms with Crippen LogP contribution < -0.4 is 5.12 Å². The highest BCUT2D eigenvalue weighted by Gasteiger charge is 2.18. The lowest BCUT2D eigenvalue weighted by atomic mass is 10.6. The summed E-state index contributed by atoms with van der Waals surface area (Å²) in [5.74, 6) is 1.91. The Morgan fingerprint density at radius 1 is 1.29 bits per heavy atom. The molecule has 41 valence electrons. The standard InChI is InChI=1S/C4H8FNS/c5-6-1-3-7-4-2-6/h1-4H2/q+1. The maximum absolute atomic E-state index is 12.0. The topological polar surface area (TPSA) is 5.90 Å². The van der Waals surface area contributed by atoms with Crippen molar-refractivity contribution in [3.63, 3.8) is 0 Å². The van der Waals surface area contributed by atoms with Crippen LogP contribution in [0.1, 0.15) is 0 Å². The lowest BCUT2D eigenvalue weighted by Crippen LogP contribution is -2.29. The van der Waals surface area contributed by atoms with Gasteiger partial charge < -0.3 is 0 Å². The van der Waals surface area contributed by atoms with Crippen LogP contribution in [0.2, 0.25) is 0 Å². The summed E-state index contributed by atoms with van der Waals surface area (Å²) < 4.78 is 12.0. The van der Waals surface area contributed by atoms with Crippen molar-refractivity contribution in [3.8, 4) is 0 Å². The summed E-state index contributed by atoms with van der Waals surface area (Å²) in [5, 5.41) is 0.872. The minimum atomic E-state index is 0.616. The zero-order valence-electron chi connectivity index (χ0n) is 4.06. The third-order valence-corrected chi connectivity index (χ3v) is 1.90. The van der Waals surface area contributed by atoms with Crippen LogP contribution >= 0.6 is 11.8 Å². The minimum absolute atomic E-state index is 0.616. The second kappa shape index (κ2) is 2.52. The molecular weight excluding hydrogens is 113 g/mol. The average Bonchev–Trinajstić information content (AvgIpc) is 1.69. The Bertz CT molecular complexity index is 53.7. The molecule has 1 nitrogen and oxygen atoms in total. The van der Waals surface area contributed by atoms with E-state index in [2.05, 4.69) is 0 Å². The van der Waals surface area contributed by atoms with Crippen molar-refractivity contribution in [2.75, 3.05) is 24.6 Å². The summed E-state index contributed by atoms with van der Waals surface area (Å²) in [6.45, 7) is 1.23. The predicted molar refractivity (Wildman–Crippen MR) is 30.3 cm³/mol. The Labute approximate surface area is 46.8 Å². The van der Waals surface area contributed by atoms with Gasteiger partial charge in [-0.3, -0.25) is 0 Å². The van der Waals surface area contributed by atoms with Gasteiger partial charge in [0, 0.05) is 5.12 Å². The smallest absolute Gasteiger partial charge is 0.150 e. The molecule has 1 heterocycles. The van der Waals surface area contributed by atoms with Gasteiger partial charge in [-0.25, -0.2) is 0 Å². The van der Waals surface area contributed by atoms with Crippen molar-refractivity contribution in [3.05, 3.63) is 0 Å². The fourth-order valence-electron chi connectivity index (χ4n) is 0.541. The van der Waals surface area contributed by atoms with E-state index < -0.39 is 0 Å². The van der Waals surface area contributed by atoms with Gasteiger partial charge in [-0.05, 0) is 0 Å². The number of hydrogen-bond donors (Lipinski definition) is 0. The molecule has 0 aromatic carbocycles. The Hall–Kier alpha value is 0.240. The number of nitrogens with zero attached hydrogens (tertiary/aromatic N) is 1. The highest BCUT2D eigenvalue weighted by Crippen LogP contribution is 2.05. The molecule has 0 aromatic heterocycles. The SMILES string of the molecule is F[N+]1CCSCC1. The van der Waals surface area contributed by atoms with Crippen LogP contribution in [0.15, 0.2) is 0 Å². The quantitative estimate of drug-likeness (QED) is 0.429. The molecule has 0 amide bonds. The fourth-order valence-corrected chi connectivity index (χ4v) is 1.40. The van der Waals surface area contributed by atoms with E-state index in [0.29, 0.717) is 13.1 Å². The lowest BCUT2D eigenvalue weighted by Gasteiger charge is -2.04. The summed E-state index contributed by atoms with van der Waals surface area (Å²) in [6.07, 6.45) is 0. The first-order chi connectivity index (χ1) is 3.39. The highest BCUT2D eigenvalue weighted by atomic mass is 32.2. The largest absolute Gasteiger partial charge is 0.176 e. The Kier molecular flexibility index (Phi) is 1.94. The molecule has 0 unspecified atom stereocenters. The van der Waals surface area contributed by atoms with Gasteiger partial charge in [0.25, 0.3) is 0 Å². The maximum atomic E-state index is 12.0. The molecule has 0 atom stereocenters. The van der Waals surface area contributed by atoms with Gasteiger partial charge in [-0.15, -0.1) is 11.8 Å². The van der Waals surface area contributed by atoms with Crippen LogP contribution in [0.3, 0.4) is 0 Å². The molecule has 1 fully saturated rings. The second-order valence-electron chi connectivity index (χ2n) is 1.52. The normalized spacial score (nSPS) is 25.3. The van der Waals surface area contributed by atoms with Gasteiger partial charge in [0.05, 0.1) is 16.0 Å². The molecule has 7 heavy (non-hydrogen) atoms. The monoisotopic (exact) mass is 121 g/mol. The summed E-state index contributed by atoms with van der Waals surface area (Å²) in [5.41, 5.74) is 0. The van der Waals surface area contributed by atoms with Crippen LogP contribution in [0.4, 0.5) is 4.48 Å². The molecule has 0 spiro atoms. The Balaban J connectivity index is 2.12. The van der Waals surface area contributed by atoms with Crippen molar-refractivity contribution in [1.82, 2.24) is 5.12 Å². The molecule has 1 saturated heterocycles. The summed E-state index contributed by atoms with van der Waals surface area (Å²) in [4.78, 5) is 0. The van der Waals surface area contributed by atoms with Crippen LogP contribution in [-0.4, -0.2) is 24.6 Å². The number of thioether (sulfide) groups is 1. The molecule has 1 radical (unpaired) electrons. The van der Waals surface area contributed by atoms with Crippen LogP contribution in [-0.2, 0) is 0 Å². The number of halogens is 1. The van der Waals surface area contributed by atoms with Gasteiger partial charge in [0.15, 0.2) is 13.1 Å². The second-order valence-corrected chi connectivity index (χ2v) is 2.75. The molecule has 0 aliphatic carbocycles. The first-order valence-corrected chi connectivity index (χ1v) is 3.53. The minimum Gasteiger partial charge on any atom is -0.150 e. The number of hydrogen-bond acceptors (Lipinski definition) is 2. The average molecular weight is 121 g/mol. The maximum Gasteiger partial charge on any atom is 0.176 e. The van der Waals surface area contributed by atoms with Gasteiger partial charge in [0.1, 0.15) is 0 Å². The van der Waals surface area contributed by atoms with Crippen LogP contribution in [0.5, 0.6) is 0 Å². The predicted octanol–water partition coefficient (Wildman–Crippen LogP) is 0.758. The number of rotatable bonds is 0. The van der Waals surface area contributed by atoms with Crippen molar-refractivity contribution < 1.29 is 4.48 Å². The fraction of sp³-hybridized carbons (Fsp3) is 1.00. The molecule has 1 aliphatic rings. The van der Waals surface area contributed by atoms with Gasteiger partial charge in [0.2, 0.25) is 0 Å². The van der Waals surface area contributed by atoms with Gasteiger partial charge in [-0.1, -0.05) is 0 Å². The highest BCUT2D eigenvalue weighted by molar-refractivity contribution is 7.99. The van der Waals surface area contributed by atoms with E-state index in [1.54, 1.807) is 0 Å². The van der Waals surface area contributed by atoms with Crippen molar-refractivity contribution in [2.24, 2.45) is 0 Å². The van der Waals surface area contributed by atoms with Crippen LogP contribution in [0, 0.1) is 0 Å². The van der Waals surface area contributed by atoms with Crippen LogP contribution in [0.25, 0.3) is 0 Å². The lowest BCUT2D eigenvalue weighted by molar-refractivity contribution is 0.159. The first-order valence-electron chi connectivity index (χ1n) is 2.38. The molecule has 0 N–H and O–H groups in total. The Morgan fingerprint density at radius 3 is 2.14 bits per heavy atom. The summed E-state index contributed by atoms with van der Waals surface area (Å²) in [6, 6.07) is 0. The van der Waals surface area contributed by atoms with E-state index in [4.69, 9.17) is 0 Å². The molecule has 3 heteroatoms. The van der Waals surface area contributed by atoms with E-state index in [9.17, 15) is 4.48 Å². The van der Waals surface area contributed by atoms with E-state index in [-0.39, 0.29) is 0 Å². The van der Waals surface area contributed by atoms with E-state index in [1.165, 1.54) is 0 Å². The summed E-state index contributed by atoms with van der Waals surface area (Å²) >= 11 is 1.82. The van der Waals surface area contributed by atoms with Crippen molar-refractivity contribution in [1.29, 1.82) is 0 Å². The molecule has 0 aromatic rings. The molecule has 0 saturated carbocycles. The van der Waals surface area contributed by atoms with E-state index in [0.717, 1.165) is 16.6 Å². The zero-order valence-corrected chi connectivity index (χ0v) is 4.88. The molecule has 1 aliphatic heterocycles. The first kappa shape index (κ1) is 5.38. The van der Waals surface area contributed by atoms with Gasteiger partial charge >= 0.3 is 0 Å².